The molecule has 0 atom stereocenters. The van der Waals surface area contributed by atoms with Crippen LogP contribution in [0.5, 0.6) is 0 Å². The van der Waals surface area contributed by atoms with E-state index in [1.165, 1.54) is 0 Å². The second kappa shape index (κ2) is 9.43. The van der Waals surface area contributed by atoms with Gasteiger partial charge in [-0.3, -0.25) is 0 Å². The van der Waals surface area contributed by atoms with E-state index in [2.05, 4.69) is 46.3 Å². The SMILES string of the molecule is CN(C)c1nc(N/N=C/C(Br)=C/c2ccccc2)nc(N2CCOCC2)n1. The van der Waals surface area contributed by atoms with E-state index in [-0.39, 0.29) is 0 Å². The van der Waals surface area contributed by atoms with Crippen LogP contribution in [0.4, 0.5) is 17.8 Å². The Kier molecular flexibility index (Phi) is 6.72. The van der Waals surface area contributed by atoms with Crippen LogP contribution in [0.15, 0.2) is 39.9 Å². The Bertz CT molecular complexity index is 805. The highest BCUT2D eigenvalue weighted by atomic mass is 79.9. The maximum absolute atomic E-state index is 5.40. The van der Waals surface area contributed by atoms with Crippen LogP contribution in [-0.4, -0.2) is 61.6 Å². The van der Waals surface area contributed by atoms with Crippen LogP contribution >= 0.6 is 15.9 Å². The summed E-state index contributed by atoms with van der Waals surface area (Å²) in [5.41, 5.74) is 3.97. The number of aromatic nitrogens is 3. The molecule has 0 amide bonds. The van der Waals surface area contributed by atoms with Gasteiger partial charge in [-0.15, -0.1) is 0 Å². The molecule has 27 heavy (non-hydrogen) atoms. The lowest BCUT2D eigenvalue weighted by Gasteiger charge is -2.27. The molecule has 1 N–H and O–H groups in total. The molecular weight excluding hydrogens is 410 g/mol. The molecule has 3 rings (SSSR count). The minimum Gasteiger partial charge on any atom is -0.378 e. The van der Waals surface area contributed by atoms with E-state index in [0.717, 1.165) is 23.1 Å². The van der Waals surface area contributed by atoms with Gasteiger partial charge in [-0.1, -0.05) is 30.3 Å². The van der Waals surface area contributed by atoms with Crippen LogP contribution in [0.2, 0.25) is 0 Å². The highest BCUT2D eigenvalue weighted by Gasteiger charge is 2.17. The van der Waals surface area contributed by atoms with Crippen LogP contribution in [0.1, 0.15) is 5.56 Å². The number of morpholine rings is 1. The molecule has 1 aliphatic rings. The molecule has 2 aromatic rings. The molecule has 0 aliphatic carbocycles. The number of halogens is 1. The van der Waals surface area contributed by atoms with Crippen molar-refractivity contribution in [3.8, 4) is 0 Å². The van der Waals surface area contributed by atoms with Crippen LogP contribution in [0.3, 0.4) is 0 Å². The van der Waals surface area contributed by atoms with Gasteiger partial charge in [-0.25, -0.2) is 5.43 Å². The van der Waals surface area contributed by atoms with Crippen molar-refractivity contribution in [1.82, 2.24) is 15.0 Å². The number of rotatable bonds is 6. The Labute approximate surface area is 167 Å². The van der Waals surface area contributed by atoms with Gasteiger partial charge in [0.2, 0.25) is 17.8 Å². The number of hydrazone groups is 1. The number of nitrogens with zero attached hydrogens (tertiary/aromatic N) is 6. The minimum absolute atomic E-state index is 0.395. The van der Waals surface area contributed by atoms with Crippen LogP contribution in [0, 0.1) is 0 Å². The number of ether oxygens (including phenoxy) is 1. The van der Waals surface area contributed by atoms with Gasteiger partial charge in [0.25, 0.3) is 0 Å². The van der Waals surface area contributed by atoms with Gasteiger partial charge in [0.15, 0.2) is 0 Å². The third-order valence-corrected chi connectivity index (χ3v) is 4.20. The zero-order valence-electron chi connectivity index (χ0n) is 15.3. The van der Waals surface area contributed by atoms with Gasteiger partial charge in [0.1, 0.15) is 0 Å². The Morgan fingerprint density at radius 2 is 1.93 bits per heavy atom. The van der Waals surface area contributed by atoms with Gasteiger partial charge < -0.3 is 14.5 Å². The number of anilines is 3. The minimum atomic E-state index is 0.395. The molecule has 1 saturated heterocycles. The van der Waals surface area contributed by atoms with Crippen LogP contribution in [-0.2, 0) is 4.74 Å². The maximum Gasteiger partial charge on any atom is 0.250 e. The molecule has 1 fully saturated rings. The molecule has 9 heteroatoms. The predicted octanol–water partition coefficient (Wildman–Crippen LogP) is 2.61. The Morgan fingerprint density at radius 1 is 1.19 bits per heavy atom. The fourth-order valence-electron chi connectivity index (χ4n) is 2.41. The smallest absolute Gasteiger partial charge is 0.250 e. The molecule has 1 aliphatic heterocycles. The summed E-state index contributed by atoms with van der Waals surface area (Å²) in [5, 5.41) is 4.22. The number of hydrogen-bond acceptors (Lipinski definition) is 8. The lowest BCUT2D eigenvalue weighted by atomic mass is 10.2. The van der Waals surface area contributed by atoms with E-state index >= 15 is 0 Å². The molecule has 8 nitrogen and oxygen atoms in total. The molecular formula is C18H22BrN7O. The highest BCUT2D eigenvalue weighted by molar-refractivity contribution is 9.12. The first kappa shape index (κ1) is 19.2. The summed E-state index contributed by atoms with van der Waals surface area (Å²) in [6, 6.07) is 10.00. The maximum atomic E-state index is 5.40. The van der Waals surface area contributed by atoms with Crippen molar-refractivity contribution < 1.29 is 4.74 Å². The second-order valence-electron chi connectivity index (χ2n) is 6.06. The zero-order valence-corrected chi connectivity index (χ0v) is 16.9. The second-order valence-corrected chi connectivity index (χ2v) is 6.98. The van der Waals surface area contributed by atoms with E-state index in [1.54, 1.807) is 6.21 Å². The van der Waals surface area contributed by atoms with Crippen LogP contribution in [0.25, 0.3) is 6.08 Å². The highest BCUT2D eigenvalue weighted by Crippen LogP contribution is 2.16. The fourth-order valence-corrected chi connectivity index (χ4v) is 2.77. The average molecular weight is 432 g/mol. The van der Waals surface area contributed by atoms with Gasteiger partial charge >= 0.3 is 0 Å². The van der Waals surface area contributed by atoms with Gasteiger partial charge in [0.05, 0.1) is 19.4 Å². The normalized spacial score (nSPS) is 15.2. The van der Waals surface area contributed by atoms with E-state index in [0.29, 0.717) is 31.1 Å². The molecule has 0 saturated carbocycles. The van der Waals surface area contributed by atoms with Crippen LogP contribution < -0.4 is 15.2 Å². The summed E-state index contributed by atoms with van der Waals surface area (Å²) >= 11 is 3.49. The largest absolute Gasteiger partial charge is 0.378 e. The Morgan fingerprint density at radius 3 is 2.63 bits per heavy atom. The molecule has 1 aromatic carbocycles. The molecule has 0 bridgehead atoms. The predicted molar refractivity (Wildman–Crippen MR) is 113 cm³/mol. The van der Waals surface area contributed by atoms with E-state index in [9.17, 15) is 0 Å². The molecule has 2 heterocycles. The van der Waals surface area contributed by atoms with Gasteiger partial charge in [0, 0.05) is 31.7 Å². The first-order valence-electron chi connectivity index (χ1n) is 8.59. The van der Waals surface area contributed by atoms with Gasteiger partial charge in [-0.05, 0) is 27.6 Å². The van der Waals surface area contributed by atoms with E-state index in [1.807, 2.05) is 55.4 Å². The Hall–Kier alpha value is -2.52. The monoisotopic (exact) mass is 431 g/mol. The van der Waals surface area contributed by atoms with Crippen molar-refractivity contribution in [2.24, 2.45) is 5.10 Å². The molecule has 1 aromatic heterocycles. The molecule has 0 radical (unpaired) electrons. The summed E-state index contributed by atoms with van der Waals surface area (Å²) in [4.78, 5) is 17.3. The average Bonchev–Trinajstić information content (AvgIpc) is 2.69. The van der Waals surface area contributed by atoms with Crippen molar-refractivity contribution in [2.75, 3.05) is 55.6 Å². The topological polar surface area (TPSA) is 78.8 Å². The zero-order chi connectivity index (χ0) is 19.1. The first-order chi connectivity index (χ1) is 13.1. The van der Waals surface area contributed by atoms with Crippen molar-refractivity contribution in [2.45, 2.75) is 0 Å². The molecule has 0 unspecified atom stereocenters. The number of benzene rings is 1. The summed E-state index contributed by atoms with van der Waals surface area (Å²) in [7, 11) is 3.79. The molecule has 142 valence electrons. The van der Waals surface area contributed by atoms with Crippen molar-refractivity contribution >= 4 is 46.1 Å². The third-order valence-electron chi connectivity index (χ3n) is 3.76. The number of allylic oxidation sites excluding steroid dienone is 1. The summed E-state index contributed by atoms with van der Waals surface area (Å²) in [6.07, 6.45) is 3.64. The Balaban J connectivity index is 1.73. The standard InChI is InChI=1S/C18H22BrN7O/c1-25(2)17-21-16(22-18(23-17)26-8-10-27-11-9-26)24-20-13-15(19)12-14-6-4-3-5-7-14/h3-7,12-13H,8-11H2,1-2H3,(H,21,22,23,24)/b15-12-,20-13+. The molecule has 0 spiro atoms. The summed E-state index contributed by atoms with van der Waals surface area (Å²) in [6.45, 7) is 2.85. The van der Waals surface area contributed by atoms with Gasteiger partial charge in [-0.2, -0.15) is 20.1 Å². The summed E-state index contributed by atoms with van der Waals surface area (Å²) in [5.74, 6) is 1.59. The van der Waals surface area contributed by atoms with E-state index < -0.39 is 0 Å². The fraction of sp³-hybridized carbons (Fsp3) is 0.333. The quantitative estimate of drug-likeness (QED) is 0.555. The number of hydrogen-bond donors (Lipinski definition) is 1. The van der Waals surface area contributed by atoms with Crippen molar-refractivity contribution in [1.29, 1.82) is 0 Å². The summed E-state index contributed by atoms with van der Waals surface area (Å²) < 4.78 is 6.23. The first-order valence-corrected chi connectivity index (χ1v) is 9.38. The van der Waals surface area contributed by atoms with Crippen molar-refractivity contribution in [3.63, 3.8) is 0 Å². The lowest BCUT2D eigenvalue weighted by Crippen LogP contribution is -2.37. The third kappa shape index (κ3) is 5.73. The van der Waals surface area contributed by atoms with Crippen molar-refractivity contribution in [3.05, 3.63) is 40.4 Å². The lowest BCUT2D eigenvalue weighted by molar-refractivity contribution is 0.122. The van der Waals surface area contributed by atoms with E-state index in [4.69, 9.17) is 4.74 Å². The number of nitrogens with one attached hydrogen (secondary N) is 1.